The van der Waals surface area contributed by atoms with Crippen molar-refractivity contribution in [3.8, 4) is 0 Å². The Kier molecular flexibility index (Phi) is 10.2. The van der Waals surface area contributed by atoms with Crippen molar-refractivity contribution >= 4 is 42.2 Å². The fraction of sp³-hybridized carbons (Fsp3) is 0.583. The van der Waals surface area contributed by atoms with Gasteiger partial charge in [-0.3, -0.25) is 24.0 Å². The standard InChI is InChI=1S/C12H21N5O7S/c13-5(4-25)10(22)17-7(3-18)12(24)16-6(1-8(14)19)11(23)15-2-9(20)21/h5-7,18,25H,1-4,13H2,(H2,14,19)(H,15,23)(H,16,24)(H,17,22)(H,20,21). The van der Waals surface area contributed by atoms with Crippen molar-refractivity contribution in [2.75, 3.05) is 18.9 Å². The Balaban J connectivity index is 4.96. The smallest absolute Gasteiger partial charge is 0.322 e. The van der Waals surface area contributed by atoms with Crippen molar-refractivity contribution < 1.29 is 34.2 Å². The van der Waals surface area contributed by atoms with E-state index in [1.165, 1.54) is 0 Å². The second kappa shape index (κ2) is 11.2. The van der Waals surface area contributed by atoms with Gasteiger partial charge >= 0.3 is 5.97 Å². The highest BCUT2D eigenvalue weighted by molar-refractivity contribution is 7.80. The summed E-state index contributed by atoms with van der Waals surface area (Å²) in [7, 11) is 0. The van der Waals surface area contributed by atoms with Crippen LogP contribution in [0.4, 0.5) is 0 Å². The van der Waals surface area contributed by atoms with Crippen LogP contribution in [0.5, 0.6) is 0 Å². The molecule has 0 aromatic heterocycles. The van der Waals surface area contributed by atoms with E-state index in [1.807, 2.05) is 5.32 Å². The Bertz CT molecular complexity index is 530. The molecule has 0 rings (SSSR count). The molecule has 13 heteroatoms. The van der Waals surface area contributed by atoms with Crippen LogP contribution >= 0.6 is 12.6 Å². The summed E-state index contributed by atoms with van der Waals surface area (Å²) in [6, 6.07) is -3.94. The van der Waals surface area contributed by atoms with Gasteiger partial charge in [-0.25, -0.2) is 0 Å². The van der Waals surface area contributed by atoms with Gasteiger partial charge in [0.1, 0.15) is 18.6 Å². The number of aliphatic hydroxyl groups is 1. The summed E-state index contributed by atoms with van der Waals surface area (Å²) in [4.78, 5) is 57.0. The first-order valence-corrected chi connectivity index (χ1v) is 7.61. The third kappa shape index (κ3) is 8.88. The van der Waals surface area contributed by atoms with E-state index in [9.17, 15) is 29.1 Å². The van der Waals surface area contributed by atoms with Crippen molar-refractivity contribution in [1.82, 2.24) is 16.0 Å². The van der Waals surface area contributed by atoms with Crippen molar-refractivity contribution in [2.24, 2.45) is 11.5 Å². The number of hydrogen-bond acceptors (Lipinski definition) is 8. The molecule has 12 nitrogen and oxygen atoms in total. The number of primary amides is 1. The second-order valence-electron chi connectivity index (χ2n) is 4.88. The molecule has 142 valence electrons. The summed E-state index contributed by atoms with van der Waals surface area (Å²) in [6.45, 7) is -1.54. The number of hydrogen-bond donors (Lipinski definition) is 8. The average molecular weight is 379 g/mol. The Morgan fingerprint density at radius 2 is 1.56 bits per heavy atom. The Morgan fingerprint density at radius 1 is 1.00 bits per heavy atom. The van der Waals surface area contributed by atoms with E-state index >= 15 is 0 Å². The largest absolute Gasteiger partial charge is 0.480 e. The molecule has 0 saturated carbocycles. The van der Waals surface area contributed by atoms with Crippen molar-refractivity contribution in [3.63, 3.8) is 0 Å². The first-order chi connectivity index (χ1) is 11.6. The molecule has 0 aromatic carbocycles. The topological polar surface area (TPSA) is 214 Å². The third-order valence-corrected chi connectivity index (χ3v) is 3.19. The minimum absolute atomic E-state index is 0.00645. The molecule has 0 fully saturated rings. The molecular weight excluding hydrogens is 358 g/mol. The number of nitrogens with two attached hydrogens (primary N) is 2. The summed E-state index contributed by atoms with van der Waals surface area (Å²) in [5.41, 5.74) is 10.4. The Morgan fingerprint density at radius 3 is 2.00 bits per heavy atom. The molecule has 0 saturated heterocycles. The number of nitrogens with one attached hydrogen (secondary N) is 3. The highest BCUT2D eigenvalue weighted by atomic mass is 32.1. The lowest BCUT2D eigenvalue weighted by atomic mass is 10.1. The van der Waals surface area contributed by atoms with E-state index in [-0.39, 0.29) is 5.75 Å². The van der Waals surface area contributed by atoms with Crippen LogP contribution < -0.4 is 27.4 Å². The van der Waals surface area contributed by atoms with Gasteiger partial charge in [-0.1, -0.05) is 0 Å². The lowest BCUT2D eigenvalue weighted by Gasteiger charge is -2.22. The van der Waals surface area contributed by atoms with Crippen LogP contribution in [-0.4, -0.2) is 76.8 Å². The molecule has 4 amide bonds. The fourth-order valence-electron chi connectivity index (χ4n) is 1.52. The second-order valence-corrected chi connectivity index (χ2v) is 5.24. The van der Waals surface area contributed by atoms with Crippen molar-refractivity contribution in [2.45, 2.75) is 24.5 Å². The SMILES string of the molecule is NC(=O)CC(NC(=O)C(CO)NC(=O)C(N)CS)C(=O)NCC(=O)O. The van der Waals surface area contributed by atoms with E-state index in [4.69, 9.17) is 16.6 Å². The zero-order valence-corrected chi connectivity index (χ0v) is 14.0. The quantitative estimate of drug-likeness (QED) is 0.163. The number of carboxylic acids is 1. The van der Waals surface area contributed by atoms with Crippen molar-refractivity contribution in [3.05, 3.63) is 0 Å². The molecular formula is C12H21N5O7S. The number of carboxylic acid groups (broad SMARTS) is 1. The molecule has 0 bridgehead atoms. The van der Waals surface area contributed by atoms with Gasteiger partial charge in [0.25, 0.3) is 0 Å². The molecule has 0 radical (unpaired) electrons. The van der Waals surface area contributed by atoms with Gasteiger partial charge in [-0.2, -0.15) is 12.6 Å². The molecule has 3 unspecified atom stereocenters. The monoisotopic (exact) mass is 379 g/mol. The maximum atomic E-state index is 12.1. The van der Waals surface area contributed by atoms with Gasteiger partial charge < -0.3 is 37.6 Å². The zero-order valence-electron chi connectivity index (χ0n) is 13.1. The van der Waals surface area contributed by atoms with Crippen LogP contribution in [0.15, 0.2) is 0 Å². The predicted molar refractivity (Wildman–Crippen MR) is 87.2 cm³/mol. The lowest BCUT2D eigenvalue weighted by molar-refractivity contribution is -0.139. The fourth-order valence-corrected chi connectivity index (χ4v) is 1.69. The van der Waals surface area contributed by atoms with Gasteiger partial charge in [-0.15, -0.1) is 0 Å². The predicted octanol–water partition coefficient (Wildman–Crippen LogP) is -4.72. The molecule has 0 spiro atoms. The molecule has 0 heterocycles. The molecule has 9 N–H and O–H groups in total. The minimum atomic E-state index is -1.48. The van der Waals surface area contributed by atoms with Crippen LogP contribution in [0.3, 0.4) is 0 Å². The van der Waals surface area contributed by atoms with Gasteiger partial charge in [0.15, 0.2) is 0 Å². The summed E-state index contributed by atoms with van der Waals surface area (Å²) in [6.07, 6.45) is -0.612. The van der Waals surface area contributed by atoms with Crippen LogP contribution in [-0.2, 0) is 24.0 Å². The van der Waals surface area contributed by atoms with Gasteiger partial charge in [0.05, 0.1) is 19.1 Å². The van der Waals surface area contributed by atoms with E-state index in [2.05, 4.69) is 23.3 Å². The molecule has 0 aliphatic heterocycles. The number of aliphatic hydroxyl groups excluding tert-OH is 1. The first-order valence-electron chi connectivity index (χ1n) is 6.98. The summed E-state index contributed by atoms with van der Waals surface area (Å²) < 4.78 is 0. The maximum Gasteiger partial charge on any atom is 0.322 e. The van der Waals surface area contributed by atoms with Crippen LogP contribution in [0, 0.1) is 0 Å². The summed E-state index contributed by atoms with van der Waals surface area (Å²) in [5.74, 6) is -4.99. The van der Waals surface area contributed by atoms with Crippen LogP contribution in [0.1, 0.15) is 6.42 Å². The maximum absolute atomic E-state index is 12.1. The highest BCUT2D eigenvalue weighted by Crippen LogP contribution is 1.95. The molecule has 25 heavy (non-hydrogen) atoms. The molecule has 3 atom stereocenters. The van der Waals surface area contributed by atoms with Crippen molar-refractivity contribution in [1.29, 1.82) is 0 Å². The number of carbonyl (C=O) groups excluding carboxylic acids is 4. The van der Waals surface area contributed by atoms with Gasteiger partial charge in [0.2, 0.25) is 23.6 Å². The Hall–Kier alpha value is -2.38. The highest BCUT2D eigenvalue weighted by Gasteiger charge is 2.28. The van der Waals surface area contributed by atoms with E-state index in [1.54, 1.807) is 0 Å². The van der Waals surface area contributed by atoms with Crippen LogP contribution in [0.2, 0.25) is 0 Å². The van der Waals surface area contributed by atoms with Gasteiger partial charge in [-0.05, 0) is 0 Å². The minimum Gasteiger partial charge on any atom is -0.480 e. The number of amides is 4. The van der Waals surface area contributed by atoms with Gasteiger partial charge in [0, 0.05) is 5.75 Å². The number of carbonyl (C=O) groups is 5. The summed E-state index contributed by atoms with van der Waals surface area (Å²) >= 11 is 3.82. The van der Waals surface area contributed by atoms with E-state index in [0.29, 0.717) is 0 Å². The average Bonchev–Trinajstić information content (AvgIpc) is 2.54. The molecule has 0 aliphatic rings. The normalized spacial score (nSPS) is 13.9. The van der Waals surface area contributed by atoms with E-state index in [0.717, 1.165) is 0 Å². The van der Waals surface area contributed by atoms with Crippen LogP contribution in [0.25, 0.3) is 0 Å². The molecule has 0 aliphatic carbocycles. The Labute approximate surface area is 148 Å². The number of thiol groups is 1. The number of aliphatic carboxylic acids is 1. The van der Waals surface area contributed by atoms with E-state index < -0.39 is 67.3 Å². The summed E-state index contributed by atoms with van der Waals surface area (Å²) in [5, 5.41) is 24.0. The zero-order chi connectivity index (χ0) is 19.6. The molecule has 0 aromatic rings. The third-order valence-electron chi connectivity index (χ3n) is 2.80. The number of rotatable bonds is 11. The first kappa shape index (κ1) is 22.6. The lowest BCUT2D eigenvalue weighted by Crippen LogP contribution is -2.57.